The number of hydrogen-bond donors (Lipinski definition) is 2. The van der Waals surface area contributed by atoms with Crippen molar-refractivity contribution in [3.63, 3.8) is 0 Å². The molecule has 132 valence electrons. The molecule has 27 heavy (non-hydrogen) atoms. The summed E-state index contributed by atoms with van der Waals surface area (Å²) in [6, 6.07) is 21.2. The second kappa shape index (κ2) is 7.17. The largest absolute Gasteiger partial charge is 0.368 e. The lowest BCUT2D eigenvalue weighted by molar-refractivity contribution is 0.112. The fourth-order valence-corrected chi connectivity index (χ4v) is 3.28. The van der Waals surface area contributed by atoms with Gasteiger partial charge in [0.25, 0.3) is 0 Å². The van der Waals surface area contributed by atoms with Crippen molar-refractivity contribution in [1.29, 1.82) is 0 Å². The first-order valence-electron chi connectivity index (χ1n) is 8.28. The third-order valence-corrected chi connectivity index (χ3v) is 4.67. The van der Waals surface area contributed by atoms with Gasteiger partial charge >= 0.3 is 0 Å². The Hall–Kier alpha value is -3.25. The van der Waals surface area contributed by atoms with Crippen molar-refractivity contribution in [2.75, 3.05) is 11.1 Å². The second-order valence-corrected chi connectivity index (χ2v) is 6.95. The molecule has 0 aliphatic heterocycles. The summed E-state index contributed by atoms with van der Waals surface area (Å²) in [6.45, 7) is 0. The molecule has 6 heteroatoms. The van der Waals surface area contributed by atoms with Gasteiger partial charge in [-0.15, -0.1) is 0 Å². The Kier molecular flexibility index (Phi) is 4.56. The number of nitrogens with zero attached hydrogens (tertiary/aromatic N) is 2. The third kappa shape index (κ3) is 3.66. The highest BCUT2D eigenvalue weighted by Gasteiger charge is 2.09. The number of nitrogens with two attached hydrogens (primary N) is 1. The van der Waals surface area contributed by atoms with E-state index >= 15 is 0 Å². The number of carbonyl (C=O) groups is 1. The summed E-state index contributed by atoms with van der Waals surface area (Å²) >= 11 is 3.47. The van der Waals surface area contributed by atoms with Gasteiger partial charge in [0, 0.05) is 21.1 Å². The van der Waals surface area contributed by atoms with Crippen LogP contribution in [0.25, 0.3) is 22.0 Å². The summed E-state index contributed by atoms with van der Waals surface area (Å²) in [5.41, 5.74) is 10.2. The second-order valence-electron chi connectivity index (χ2n) is 6.04. The lowest BCUT2D eigenvalue weighted by Gasteiger charge is -2.11. The van der Waals surface area contributed by atoms with Crippen molar-refractivity contribution in [2.24, 2.45) is 0 Å². The number of fused-ring (bicyclic) bond motifs is 1. The lowest BCUT2D eigenvalue weighted by Crippen LogP contribution is -2.01. The predicted molar refractivity (Wildman–Crippen MR) is 112 cm³/mol. The molecule has 0 amide bonds. The van der Waals surface area contributed by atoms with Gasteiger partial charge in [-0.3, -0.25) is 4.79 Å². The Morgan fingerprint density at radius 3 is 2.44 bits per heavy atom. The molecule has 5 nitrogen and oxygen atoms in total. The predicted octanol–water partition coefficient (Wildman–Crippen LogP) is 5.20. The first-order chi connectivity index (χ1) is 13.1. The number of halogens is 1. The zero-order valence-corrected chi connectivity index (χ0v) is 15.8. The summed E-state index contributed by atoms with van der Waals surface area (Å²) in [5.74, 6) is 0.852. The number of aldehydes is 1. The van der Waals surface area contributed by atoms with Crippen LogP contribution < -0.4 is 11.1 Å². The molecule has 0 atom stereocenters. The summed E-state index contributed by atoms with van der Waals surface area (Å²) in [4.78, 5) is 19.6. The summed E-state index contributed by atoms with van der Waals surface area (Å²) in [5, 5.41) is 4.18. The minimum absolute atomic E-state index is 0.211. The van der Waals surface area contributed by atoms with Gasteiger partial charge in [0.15, 0.2) is 0 Å². The lowest BCUT2D eigenvalue weighted by atomic mass is 10.0. The van der Waals surface area contributed by atoms with E-state index in [1.807, 2.05) is 54.6 Å². The zero-order chi connectivity index (χ0) is 18.8. The molecule has 4 rings (SSSR count). The normalized spacial score (nSPS) is 10.7. The minimum Gasteiger partial charge on any atom is -0.368 e. The average molecular weight is 419 g/mol. The van der Waals surface area contributed by atoms with E-state index in [1.54, 1.807) is 12.1 Å². The number of hydrogen-bond acceptors (Lipinski definition) is 5. The Morgan fingerprint density at radius 2 is 1.70 bits per heavy atom. The van der Waals surface area contributed by atoms with Crippen LogP contribution in [0.4, 0.5) is 17.5 Å². The molecule has 0 bridgehead atoms. The van der Waals surface area contributed by atoms with Crippen LogP contribution in [0, 0.1) is 0 Å². The SMILES string of the molecule is Nc1nc(Nc2cccc(Br)c2)c2cc(-c3ccc(C=O)cc3)ccc2n1. The number of nitrogen functional groups attached to an aromatic ring is 1. The van der Waals surface area contributed by atoms with E-state index < -0.39 is 0 Å². The fourth-order valence-electron chi connectivity index (χ4n) is 2.88. The zero-order valence-electron chi connectivity index (χ0n) is 14.2. The molecule has 1 heterocycles. The van der Waals surface area contributed by atoms with E-state index in [-0.39, 0.29) is 5.95 Å². The molecule has 0 saturated carbocycles. The van der Waals surface area contributed by atoms with Gasteiger partial charge in [-0.2, -0.15) is 4.98 Å². The third-order valence-electron chi connectivity index (χ3n) is 4.18. The molecular formula is C21H15BrN4O. The molecule has 0 unspecified atom stereocenters. The maximum atomic E-state index is 10.9. The molecule has 3 N–H and O–H groups in total. The first kappa shape index (κ1) is 17.2. The molecule has 0 fully saturated rings. The quantitative estimate of drug-likeness (QED) is 0.445. The minimum atomic E-state index is 0.211. The maximum Gasteiger partial charge on any atom is 0.222 e. The molecule has 4 aromatic rings. The number of anilines is 3. The van der Waals surface area contributed by atoms with E-state index in [0.29, 0.717) is 11.4 Å². The van der Waals surface area contributed by atoms with Crippen molar-refractivity contribution < 1.29 is 4.79 Å². The van der Waals surface area contributed by atoms with Crippen LogP contribution in [0.1, 0.15) is 10.4 Å². The van der Waals surface area contributed by atoms with Crippen LogP contribution in [0.2, 0.25) is 0 Å². The van der Waals surface area contributed by atoms with Crippen LogP contribution in [0.5, 0.6) is 0 Å². The van der Waals surface area contributed by atoms with E-state index in [0.717, 1.165) is 38.5 Å². The van der Waals surface area contributed by atoms with Gasteiger partial charge in [0.05, 0.1) is 5.52 Å². The van der Waals surface area contributed by atoms with E-state index in [2.05, 4.69) is 31.2 Å². The van der Waals surface area contributed by atoms with Crippen molar-refractivity contribution in [2.45, 2.75) is 0 Å². The highest BCUT2D eigenvalue weighted by molar-refractivity contribution is 9.10. The monoisotopic (exact) mass is 418 g/mol. The molecule has 0 aliphatic rings. The van der Waals surface area contributed by atoms with Gasteiger partial charge in [-0.05, 0) is 41.5 Å². The van der Waals surface area contributed by atoms with E-state index in [1.165, 1.54) is 0 Å². The average Bonchev–Trinajstić information content (AvgIpc) is 2.68. The standard InChI is InChI=1S/C21H15BrN4O/c22-16-2-1-3-17(11-16)24-20-18-10-15(8-9-19(18)25-21(23)26-20)14-6-4-13(12-27)5-7-14/h1-12H,(H3,23,24,25,26). The maximum absolute atomic E-state index is 10.9. The Morgan fingerprint density at radius 1 is 0.926 bits per heavy atom. The summed E-state index contributed by atoms with van der Waals surface area (Å²) in [7, 11) is 0. The van der Waals surface area contributed by atoms with Crippen LogP contribution >= 0.6 is 15.9 Å². The molecule has 0 radical (unpaired) electrons. The van der Waals surface area contributed by atoms with Crippen molar-refractivity contribution in [3.8, 4) is 11.1 Å². The molecule has 0 spiro atoms. The van der Waals surface area contributed by atoms with E-state index in [4.69, 9.17) is 5.73 Å². The van der Waals surface area contributed by atoms with Crippen molar-refractivity contribution >= 4 is 50.6 Å². The topological polar surface area (TPSA) is 80.9 Å². The van der Waals surface area contributed by atoms with Gasteiger partial charge in [-0.25, -0.2) is 4.98 Å². The summed E-state index contributed by atoms with van der Waals surface area (Å²) in [6.07, 6.45) is 0.834. The Labute approximate surface area is 164 Å². The highest BCUT2D eigenvalue weighted by Crippen LogP contribution is 2.30. The Bertz CT molecular complexity index is 1140. The number of benzene rings is 3. The van der Waals surface area contributed by atoms with Crippen LogP contribution in [0.3, 0.4) is 0 Å². The Balaban J connectivity index is 1.81. The van der Waals surface area contributed by atoms with Crippen LogP contribution in [0.15, 0.2) is 71.2 Å². The van der Waals surface area contributed by atoms with Crippen LogP contribution in [-0.4, -0.2) is 16.3 Å². The van der Waals surface area contributed by atoms with Crippen molar-refractivity contribution in [3.05, 3.63) is 76.8 Å². The molecule has 0 aliphatic carbocycles. The van der Waals surface area contributed by atoms with Crippen molar-refractivity contribution in [1.82, 2.24) is 9.97 Å². The van der Waals surface area contributed by atoms with Gasteiger partial charge in [-0.1, -0.05) is 52.3 Å². The number of carbonyl (C=O) groups excluding carboxylic acids is 1. The number of aromatic nitrogens is 2. The van der Waals surface area contributed by atoms with Gasteiger partial charge in [0.2, 0.25) is 5.95 Å². The molecule has 3 aromatic carbocycles. The van der Waals surface area contributed by atoms with Gasteiger partial charge < -0.3 is 11.1 Å². The summed E-state index contributed by atoms with van der Waals surface area (Å²) < 4.78 is 0.967. The smallest absolute Gasteiger partial charge is 0.222 e. The van der Waals surface area contributed by atoms with Gasteiger partial charge in [0.1, 0.15) is 12.1 Å². The number of nitrogens with one attached hydrogen (secondary N) is 1. The van der Waals surface area contributed by atoms with Crippen LogP contribution in [-0.2, 0) is 0 Å². The molecular weight excluding hydrogens is 404 g/mol. The number of rotatable bonds is 4. The van der Waals surface area contributed by atoms with E-state index in [9.17, 15) is 4.79 Å². The molecule has 1 aromatic heterocycles. The molecule has 0 saturated heterocycles. The first-order valence-corrected chi connectivity index (χ1v) is 9.07. The fraction of sp³-hybridized carbons (Fsp3) is 0. The highest BCUT2D eigenvalue weighted by atomic mass is 79.9.